The summed E-state index contributed by atoms with van der Waals surface area (Å²) in [5, 5.41) is 0. The third-order valence-electron chi connectivity index (χ3n) is 2.59. The second-order valence-corrected chi connectivity index (χ2v) is 4.77. The zero-order valence-corrected chi connectivity index (χ0v) is 11.4. The molecule has 1 unspecified atom stereocenters. The van der Waals surface area contributed by atoms with E-state index < -0.39 is 6.10 Å². The Kier molecular flexibility index (Phi) is 3.57. The van der Waals surface area contributed by atoms with Crippen LogP contribution in [0, 0.1) is 0 Å². The Morgan fingerprint density at radius 3 is 3.12 bits per heavy atom. The SMILES string of the molecule is CCOC(=O)C1CN(C)c2cc(Br)ccc2O1. The summed E-state index contributed by atoms with van der Waals surface area (Å²) < 4.78 is 11.6. The fourth-order valence-electron chi connectivity index (χ4n) is 1.78. The molecule has 0 N–H and O–H groups in total. The van der Waals surface area contributed by atoms with E-state index in [0.29, 0.717) is 18.9 Å². The average Bonchev–Trinajstić information content (AvgIpc) is 2.30. The molecular weight excluding hydrogens is 286 g/mol. The van der Waals surface area contributed by atoms with Crippen molar-refractivity contribution in [1.29, 1.82) is 0 Å². The highest BCUT2D eigenvalue weighted by Crippen LogP contribution is 2.34. The zero-order chi connectivity index (χ0) is 12.4. The maximum absolute atomic E-state index is 11.6. The molecule has 1 aliphatic heterocycles. The number of rotatable bonds is 2. The van der Waals surface area contributed by atoms with Crippen LogP contribution < -0.4 is 9.64 Å². The molecule has 0 radical (unpaired) electrons. The van der Waals surface area contributed by atoms with Crippen LogP contribution in [0.25, 0.3) is 0 Å². The monoisotopic (exact) mass is 299 g/mol. The first-order valence-electron chi connectivity index (χ1n) is 5.45. The summed E-state index contributed by atoms with van der Waals surface area (Å²) in [4.78, 5) is 13.6. The minimum atomic E-state index is -0.548. The highest BCUT2D eigenvalue weighted by molar-refractivity contribution is 9.10. The molecule has 5 heteroatoms. The molecule has 1 aromatic carbocycles. The van der Waals surface area contributed by atoms with Crippen molar-refractivity contribution in [3.8, 4) is 5.75 Å². The maximum Gasteiger partial charge on any atom is 0.349 e. The topological polar surface area (TPSA) is 38.8 Å². The van der Waals surface area contributed by atoms with Crippen LogP contribution in [-0.2, 0) is 9.53 Å². The molecular formula is C12H14BrNO3. The molecule has 1 heterocycles. The molecule has 0 aliphatic carbocycles. The molecule has 0 bridgehead atoms. The molecule has 0 saturated heterocycles. The molecule has 0 fully saturated rings. The van der Waals surface area contributed by atoms with E-state index in [1.54, 1.807) is 6.92 Å². The number of esters is 1. The number of carbonyl (C=O) groups excluding carboxylic acids is 1. The Morgan fingerprint density at radius 1 is 1.65 bits per heavy atom. The lowest BCUT2D eigenvalue weighted by Gasteiger charge is -2.32. The molecule has 0 spiro atoms. The van der Waals surface area contributed by atoms with E-state index in [-0.39, 0.29) is 5.97 Å². The van der Waals surface area contributed by atoms with Gasteiger partial charge in [-0.25, -0.2) is 4.79 Å². The Labute approximate surface area is 109 Å². The summed E-state index contributed by atoms with van der Waals surface area (Å²) >= 11 is 3.41. The quantitative estimate of drug-likeness (QED) is 0.785. The van der Waals surface area contributed by atoms with Crippen molar-refractivity contribution in [2.45, 2.75) is 13.0 Å². The van der Waals surface area contributed by atoms with Gasteiger partial charge in [0.25, 0.3) is 0 Å². The van der Waals surface area contributed by atoms with Crippen molar-refractivity contribution in [3.63, 3.8) is 0 Å². The third-order valence-corrected chi connectivity index (χ3v) is 3.08. The molecule has 0 saturated carbocycles. The first-order valence-corrected chi connectivity index (χ1v) is 6.25. The van der Waals surface area contributed by atoms with Crippen molar-refractivity contribution in [1.82, 2.24) is 0 Å². The van der Waals surface area contributed by atoms with Gasteiger partial charge in [-0.2, -0.15) is 0 Å². The molecule has 1 aliphatic rings. The lowest BCUT2D eigenvalue weighted by atomic mass is 10.2. The number of fused-ring (bicyclic) bond motifs is 1. The van der Waals surface area contributed by atoms with Gasteiger partial charge >= 0.3 is 5.97 Å². The Hall–Kier alpha value is -1.23. The third kappa shape index (κ3) is 2.54. The van der Waals surface area contributed by atoms with Crippen LogP contribution in [0.2, 0.25) is 0 Å². The van der Waals surface area contributed by atoms with Crippen molar-refractivity contribution in [2.75, 3.05) is 25.1 Å². The van der Waals surface area contributed by atoms with Crippen molar-refractivity contribution < 1.29 is 14.3 Å². The van der Waals surface area contributed by atoms with Gasteiger partial charge in [0.15, 0.2) is 0 Å². The van der Waals surface area contributed by atoms with Gasteiger partial charge in [0.05, 0.1) is 18.8 Å². The van der Waals surface area contributed by atoms with Gasteiger partial charge in [0.1, 0.15) is 5.75 Å². The largest absolute Gasteiger partial charge is 0.475 e. The number of nitrogens with zero attached hydrogens (tertiary/aromatic N) is 1. The second-order valence-electron chi connectivity index (χ2n) is 3.85. The van der Waals surface area contributed by atoms with Gasteiger partial charge in [-0.05, 0) is 25.1 Å². The van der Waals surface area contributed by atoms with Crippen LogP contribution in [-0.4, -0.2) is 32.3 Å². The van der Waals surface area contributed by atoms with Crippen LogP contribution in [0.3, 0.4) is 0 Å². The lowest BCUT2D eigenvalue weighted by Crippen LogP contribution is -2.43. The fraction of sp³-hybridized carbons (Fsp3) is 0.417. The van der Waals surface area contributed by atoms with Gasteiger partial charge in [0.2, 0.25) is 6.10 Å². The minimum absolute atomic E-state index is 0.312. The van der Waals surface area contributed by atoms with E-state index in [1.807, 2.05) is 30.1 Å². The number of halogens is 1. The van der Waals surface area contributed by atoms with E-state index in [1.165, 1.54) is 0 Å². The number of benzene rings is 1. The second kappa shape index (κ2) is 4.96. The molecule has 2 rings (SSSR count). The first-order chi connectivity index (χ1) is 8.11. The number of hydrogen-bond donors (Lipinski definition) is 0. The van der Waals surface area contributed by atoms with Crippen LogP contribution in [0.5, 0.6) is 5.75 Å². The minimum Gasteiger partial charge on any atom is -0.475 e. The van der Waals surface area contributed by atoms with E-state index >= 15 is 0 Å². The first kappa shape index (κ1) is 12.2. The van der Waals surface area contributed by atoms with Crippen LogP contribution in [0.4, 0.5) is 5.69 Å². The molecule has 1 aromatic rings. The number of carbonyl (C=O) groups is 1. The van der Waals surface area contributed by atoms with Crippen LogP contribution >= 0.6 is 15.9 Å². The Balaban J connectivity index is 2.21. The molecule has 17 heavy (non-hydrogen) atoms. The van der Waals surface area contributed by atoms with Crippen molar-refractivity contribution in [2.24, 2.45) is 0 Å². The summed E-state index contributed by atoms with van der Waals surface area (Å²) in [5.41, 5.74) is 0.972. The summed E-state index contributed by atoms with van der Waals surface area (Å²) in [6.07, 6.45) is -0.548. The number of anilines is 1. The molecule has 1 atom stereocenters. The number of ether oxygens (including phenoxy) is 2. The summed E-state index contributed by atoms with van der Waals surface area (Å²) in [6.45, 7) is 2.66. The predicted octanol–water partition coefficient (Wildman–Crippen LogP) is 2.21. The Bertz CT molecular complexity index is 436. The highest BCUT2D eigenvalue weighted by Gasteiger charge is 2.30. The molecule has 92 valence electrons. The fourth-order valence-corrected chi connectivity index (χ4v) is 2.13. The average molecular weight is 300 g/mol. The van der Waals surface area contributed by atoms with Crippen molar-refractivity contribution in [3.05, 3.63) is 22.7 Å². The summed E-state index contributed by atoms with van der Waals surface area (Å²) in [5.74, 6) is 0.396. The number of hydrogen-bond acceptors (Lipinski definition) is 4. The predicted molar refractivity (Wildman–Crippen MR) is 68.5 cm³/mol. The van der Waals surface area contributed by atoms with Crippen LogP contribution in [0.1, 0.15) is 6.92 Å². The van der Waals surface area contributed by atoms with Gasteiger partial charge in [0, 0.05) is 11.5 Å². The zero-order valence-electron chi connectivity index (χ0n) is 9.77. The highest BCUT2D eigenvalue weighted by atomic mass is 79.9. The number of likely N-dealkylation sites (N-methyl/N-ethyl adjacent to an activating group) is 1. The normalized spacial score (nSPS) is 18.3. The molecule has 0 amide bonds. The lowest BCUT2D eigenvalue weighted by molar-refractivity contribution is -0.151. The van der Waals surface area contributed by atoms with E-state index in [0.717, 1.165) is 10.2 Å². The van der Waals surface area contributed by atoms with E-state index in [2.05, 4.69) is 15.9 Å². The van der Waals surface area contributed by atoms with Crippen LogP contribution in [0.15, 0.2) is 22.7 Å². The standard InChI is InChI=1S/C12H14BrNO3/c1-3-16-12(15)11-7-14(2)9-6-8(13)4-5-10(9)17-11/h4-6,11H,3,7H2,1-2H3. The van der Waals surface area contributed by atoms with Gasteiger partial charge < -0.3 is 14.4 Å². The maximum atomic E-state index is 11.6. The molecule has 4 nitrogen and oxygen atoms in total. The van der Waals surface area contributed by atoms with Gasteiger partial charge in [-0.1, -0.05) is 15.9 Å². The van der Waals surface area contributed by atoms with Crippen molar-refractivity contribution >= 4 is 27.6 Å². The summed E-state index contributed by atoms with van der Waals surface area (Å²) in [6, 6.07) is 5.71. The molecule has 0 aromatic heterocycles. The van der Waals surface area contributed by atoms with Gasteiger partial charge in [-0.15, -0.1) is 0 Å². The Morgan fingerprint density at radius 2 is 2.41 bits per heavy atom. The van der Waals surface area contributed by atoms with Gasteiger partial charge in [-0.3, -0.25) is 0 Å². The summed E-state index contributed by atoms with van der Waals surface area (Å²) in [7, 11) is 1.93. The van der Waals surface area contributed by atoms with E-state index in [4.69, 9.17) is 9.47 Å². The van der Waals surface area contributed by atoms with E-state index in [9.17, 15) is 4.79 Å². The smallest absolute Gasteiger partial charge is 0.349 e.